The van der Waals surface area contributed by atoms with Gasteiger partial charge in [0.15, 0.2) is 0 Å². The maximum Gasteiger partial charge on any atom is 0.0234 e. The Balaban J connectivity index is 1.50. The van der Waals surface area contributed by atoms with Gasteiger partial charge in [0, 0.05) is 19.6 Å². The van der Waals surface area contributed by atoms with E-state index in [9.17, 15) is 0 Å². The van der Waals surface area contributed by atoms with Gasteiger partial charge in [0.05, 0.1) is 0 Å². The first-order valence-electron chi connectivity index (χ1n) is 12.8. The van der Waals surface area contributed by atoms with E-state index in [1.807, 2.05) is 0 Å². The van der Waals surface area contributed by atoms with Gasteiger partial charge in [-0.2, -0.15) is 0 Å². The molecule has 1 N–H and O–H groups in total. The maximum atomic E-state index is 3.78. The second-order valence-corrected chi connectivity index (χ2v) is 9.62. The fourth-order valence-electron chi connectivity index (χ4n) is 5.04. The molecule has 31 heavy (non-hydrogen) atoms. The van der Waals surface area contributed by atoms with Crippen LogP contribution in [0.5, 0.6) is 0 Å². The van der Waals surface area contributed by atoms with Crippen LogP contribution in [-0.4, -0.2) is 31.1 Å². The minimum Gasteiger partial charge on any atom is -0.315 e. The van der Waals surface area contributed by atoms with E-state index in [4.69, 9.17) is 0 Å². The van der Waals surface area contributed by atoms with E-state index in [1.165, 1.54) is 75.5 Å². The van der Waals surface area contributed by atoms with Crippen molar-refractivity contribution in [1.82, 2.24) is 10.2 Å². The van der Waals surface area contributed by atoms with Crippen LogP contribution in [0.3, 0.4) is 0 Å². The minimum atomic E-state index is 0.832. The minimum absolute atomic E-state index is 0.832. The van der Waals surface area contributed by atoms with Gasteiger partial charge in [-0.05, 0) is 61.7 Å². The summed E-state index contributed by atoms with van der Waals surface area (Å²) in [4.78, 5) is 2.65. The number of aryl methyl sites for hydroxylation is 1. The third-order valence-corrected chi connectivity index (χ3v) is 7.13. The molecule has 0 aliphatic carbocycles. The lowest BCUT2D eigenvalue weighted by Crippen LogP contribution is -2.33. The standard InChI is InChI=1S/C29H44N2/c1-26-13-7-3-2-4-12-23-31(25-28-16-10-6-11-17-28)24-22-30-21-20-29(26)19-18-27-14-8-5-9-15-27/h5-6,8-11,14-17,26,29-30H,2-4,7,12-13,18-25H2,1H3. The summed E-state index contributed by atoms with van der Waals surface area (Å²) < 4.78 is 0. The lowest BCUT2D eigenvalue weighted by atomic mass is 9.83. The average molecular weight is 421 g/mol. The molecule has 1 aliphatic heterocycles. The first-order chi connectivity index (χ1) is 15.3. The molecule has 1 fully saturated rings. The van der Waals surface area contributed by atoms with E-state index in [-0.39, 0.29) is 0 Å². The highest BCUT2D eigenvalue weighted by Crippen LogP contribution is 2.26. The topological polar surface area (TPSA) is 15.3 Å². The van der Waals surface area contributed by atoms with Crippen LogP contribution >= 0.6 is 0 Å². The SMILES string of the molecule is CC1CCCCCCCN(Cc2ccccc2)CCNCCC1CCc1ccccc1. The van der Waals surface area contributed by atoms with Gasteiger partial charge >= 0.3 is 0 Å². The summed E-state index contributed by atoms with van der Waals surface area (Å²) in [6.07, 6.45) is 12.2. The predicted molar refractivity (Wildman–Crippen MR) is 134 cm³/mol. The van der Waals surface area contributed by atoms with Gasteiger partial charge in [0.25, 0.3) is 0 Å². The third-order valence-electron chi connectivity index (χ3n) is 7.13. The van der Waals surface area contributed by atoms with Crippen LogP contribution in [0.2, 0.25) is 0 Å². The Kier molecular flexibility index (Phi) is 11.2. The fourth-order valence-corrected chi connectivity index (χ4v) is 5.04. The number of nitrogens with one attached hydrogen (secondary N) is 1. The zero-order chi connectivity index (χ0) is 21.6. The van der Waals surface area contributed by atoms with Gasteiger partial charge in [0.1, 0.15) is 0 Å². The molecule has 0 spiro atoms. The van der Waals surface area contributed by atoms with Crippen molar-refractivity contribution in [3.05, 3.63) is 71.8 Å². The van der Waals surface area contributed by atoms with Gasteiger partial charge in [-0.3, -0.25) is 4.90 Å². The normalized spacial score (nSPS) is 23.0. The van der Waals surface area contributed by atoms with Crippen molar-refractivity contribution in [2.75, 3.05) is 26.2 Å². The van der Waals surface area contributed by atoms with Crippen LogP contribution in [0.15, 0.2) is 60.7 Å². The average Bonchev–Trinajstić information content (AvgIpc) is 2.81. The van der Waals surface area contributed by atoms with Crippen molar-refractivity contribution in [3.63, 3.8) is 0 Å². The van der Waals surface area contributed by atoms with Crippen LogP contribution in [0.4, 0.5) is 0 Å². The fraction of sp³-hybridized carbons (Fsp3) is 0.586. The van der Waals surface area contributed by atoms with E-state index < -0.39 is 0 Å². The lowest BCUT2D eigenvalue weighted by molar-refractivity contribution is 0.256. The van der Waals surface area contributed by atoms with Gasteiger partial charge in [0.2, 0.25) is 0 Å². The highest BCUT2D eigenvalue weighted by Gasteiger charge is 2.17. The molecule has 0 amide bonds. The van der Waals surface area contributed by atoms with Gasteiger partial charge in [-0.1, -0.05) is 99.7 Å². The summed E-state index contributed by atoms with van der Waals surface area (Å²) in [5, 5.41) is 3.78. The number of rotatable bonds is 5. The molecule has 170 valence electrons. The molecule has 0 radical (unpaired) electrons. The van der Waals surface area contributed by atoms with E-state index in [2.05, 4.69) is 77.8 Å². The van der Waals surface area contributed by atoms with Gasteiger partial charge < -0.3 is 5.32 Å². The Morgan fingerprint density at radius 2 is 1.42 bits per heavy atom. The molecule has 0 saturated carbocycles. The molecular formula is C29H44N2. The van der Waals surface area contributed by atoms with Crippen LogP contribution in [0.25, 0.3) is 0 Å². The second kappa shape index (κ2) is 14.4. The quantitative estimate of drug-likeness (QED) is 0.578. The first kappa shape index (κ1) is 24.0. The van der Waals surface area contributed by atoms with Crippen molar-refractivity contribution < 1.29 is 0 Å². The van der Waals surface area contributed by atoms with E-state index in [1.54, 1.807) is 0 Å². The highest BCUT2D eigenvalue weighted by molar-refractivity contribution is 5.15. The monoisotopic (exact) mass is 420 g/mol. The maximum absolute atomic E-state index is 3.78. The second-order valence-electron chi connectivity index (χ2n) is 9.62. The summed E-state index contributed by atoms with van der Waals surface area (Å²) in [7, 11) is 0. The summed E-state index contributed by atoms with van der Waals surface area (Å²) >= 11 is 0. The third kappa shape index (κ3) is 9.58. The van der Waals surface area contributed by atoms with Crippen molar-refractivity contribution >= 4 is 0 Å². The molecule has 2 nitrogen and oxygen atoms in total. The zero-order valence-corrected chi connectivity index (χ0v) is 19.8. The Morgan fingerprint density at radius 1 is 0.742 bits per heavy atom. The highest BCUT2D eigenvalue weighted by atomic mass is 15.1. The smallest absolute Gasteiger partial charge is 0.0234 e. The lowest BCUT2D eigenvalue weighted by Gasteiger charge is -2.25. The van der Waals surface area contributed by atoms with E-state index in [0.29, 0.717) is 0 Å². The van der Waals surface area contributed by atoms with Gasteiger partial charge in [-0.15, -0.1) is 0 Å². The van der Waals surface area contributed by atoms with Crippen LogP contribution in [0, 0.1) is 11.8 Å². The van der Waals surface area contributed by atoms with E-state index >= 15 is 0 Å². The molecule has 2 aromatic carbocycles. The van der Waals surface area contributed by atoms with Crippen molar-refractivity contribution in [2.45, 2.75) is 71.3 Å². The Labute approximate surface area is 191 Å². The largest absolute Gasteiger partial charge is 0.315 e. The summed E-state index contributed by atoms with van der Waals surface area (Å²) in [5.41, 5.74) is 2.94. The summed E-state index contributed by atoms with van der Waals surface area (Å²) in [6, 6.07) is 22.0. The molecule has 3 rings (SSSR count). The van der Waals surface area contributed by atoms with Crippen LogP contribution < -0.4 is 5.32 Å². The summed E-state index contributed by atoms with van der Waals surface area (Å²) in [5.74, 6) is 1.67. The molecule has 0 aromatic heterocycles. The number of hydrogen-bond acceptors (Lipinski definition) is 2. The molecular weight excluding hydrogens is 376 g/mol. The molecule has 2 heteroatoms. The van der Waals surface area contributed by atoms with Crippen molar-refractivity contribution in [2.24, 2.45) is 11.8 Å². The Bertz CT molecular complexity index is 684. The van der Waals surface area contributed by atoms with Gasteiger partial charge in [-0.25, -0.2) is 0 Å². The number of benzene rings is 2. The Hall–Kier alpha value is -1.64. The molecule has 1 aliphatic rings. The van der Waals surface area contributed by atoms with Crippen LogP contribution in [0.1, 0.15) is 69.4 Å². The zero-order valence-electron chi connectivity index (χ0n) is 19.8. The van der Waals surface area contributed by atoms with Crippen molar-refractivity contribution in [3.8, 4) is 0 Å². The first-order valence-corrected chi connectivity index (χ1v) is 12.8. The molecule has 1 saturated heterocycles. The molecule has 2 aromatic rings. The molecule has 1 heterocycles. The van der Waals surface area contributed by atoms with Crippen LogP contribution in [-0.2, 0) is 13.0 Å². The van der Waals surface area contributed by atoms with E-state index in [0.717, 1.165) is 38.0 Å². The summed E-state index contributed by atoms with van der Waals surface area (Å²) in [6.45, 7) is 8.23. The predicted octanol–water partition coefficient (Wildman–Crippen LogP) is 6.71. The van der Waals surface area contributed by atoms with Crippen molar-refractivity contribution in [1.29, 1.82) is 0 Å². The molecule has 2 unspecified atom stereocenters. The number of hydrogen-bond donors (Lipinski definition) is 1. The number of nitrogens with zero attached hydrogens (tertiary/aromatic N) is 1. The Morgan fingerprint density at radius 3 is 2.19 bits per heavy atom. The molecule has 2 atom stereocenters. The molecule has 0 bridgehead atoms.